The predicted octanol–water partition coefficient (Wildman–Crippen LogP) is 3.49. The van der Waals surface area contributed by atoms with Gasteiger partial charge in [-0.15, -0.1) is 11.3 Å². The van der Waals surface area contributed by atoms with Gasteiger partial charge in [-0.05, 0) is 24.3 Å². The smallest absolute Gasteiger partial charge is 0.267 e. The van der Waals surface area contributed by atoms with Crippen LogP contribution in [0.3, 0.4) is 0 Å². The van der Waals surface area contributed by atoms with Gasteiger partial charge in [0, 0.05) is 33.4 Å². The van der Waals surface area contributed by atoms with Crippen molar-refractivity contribution in [2.75, 3.05) is 5.01 Å². The van der Waals surface area contributed by atoms with Crippen molar-refractivity contribution < 1.29 is 4.79 Å². The Morgan fingerprint density at radius 3 is 2.50 bits per heavy atom. The maximum Gasteiger partial charge on any atom is 0.274 e. The number of pyridine rings is 1. The average Bonchev–Trinajstić information content (AvgIpc) is 3.05. The van der Waals surface area contributed by atoms with E-state index in [1.807, 2.05) is 29.6 Å². The van der Waals surface area contributed by atoms with E-state index in [0.717, 1.165) is 20.7 Å². The zero-order chi connectivity index (χ0) is 15.5. The quantitative estimate of drug-likeness (QED) is 0.432. The van der Waals surface area contributed by atoms with Gasteiger partial charge in [-0.25, -0.2) is 15.8 Å². The molecule has 0 radical (unpaired) electrons. The first-order chi connectivity index (χ1) is 10.6. The molecule has 2 aromatic heterocycles. The number of anilines is 1. The second-order valence-electron chi connectivity index (χ2n) is 4.43. The summed E-state index contributed by atoms with van der Waals surface area (Å²) in [5.74, 6) is 5.57. The van der Waals surface area contributed by atoms with Crippen LogP contribution >= 0.6 is 27.3 Å². The molecule has 0 bridgehead atoms. The molecule has 3 rings (SSSR count). The zero-order valence-electron chi connectivity index (χ0n) is 11.3. The lowest BCUT2D eigenvalue weighted by molar-refractivity contribution is 0.0986. The van der Waals surface area contributed by atoms with Gasteiger partial charge < -0.3 is 0 Å². The number of halogens is 1. The van der Waals surface area contributed by atoms with Gasteiger partial charge in [0.15, 0.2) is 0 Å². The monoisotopic (exact) mass is 374 g/mol. The van der Waals surface area contributed by atoms with Crippen molar-refractivity contribution in [2.24, 2.45) is 5.84 Å². The third-order valence-electron chi connectivity index (χ3n) is 2.98. The lowest BCUT2D eigenvalue weighted by Gasteiger charge is -2.12. The number of aromatic nitrogens is 2. The molecule has 0 spiro atoms. The van der Waals surface area contributed by atoms with Gasteiger partial charge >= 0.3 is 0 Å². The first-order valence-electron chi connectivity index (χ1n) is 6.36. The summed E-state index contributed by atoms with van der Waals surface area (Å²) in [6.45, 7) is 0. The van der Waals surface area contributed by atoms with Gasteiger partial charge in [-0.1, -0.05) is 28.1 Å². The van der Waals surface area contributed by atoms with E-state index >= 15 is 0 Å². The molecule has 1 aromatic carbocycles. The molecule has 0 unspecified atom stereocenters. The fraction of sp³-hybridized carbons (Fsp3) is 0. The van der Waals surface area contributed by atoms with Gasteiger partial charge in [0.1, 0.15) is 0 Å². The summed E-state index contributed by atoms with van der Waals surface area (Å²) in [5.41, 5.74) is 2.22. The number of nitrogens with two attached hydrogens (primary N) is 1. The number of benzene rings is 1. The Morgan fingerprint density at radius 1 is 1.14 bits per heavy atom. The van der Waals surface area contributed by atoms with Crippen LogP contribution in [0.2, 0.25) is 0 Å². The lowest BCUT2D eigenvalue weighted by atomic mass is 10.2. The Balaban J connectivity index is 1.84. The summed E-state index contributed by atoms with van der Waals surface area (Å²) in [5, 5.41) is 3.38. The fourth-order valence-electron chi connectivity index (χ4n) is 1.85. The van der Waals surface area contributed by atoms with Crippen LogP contribution in [-0.4, -0.2) is 15.9 Å². The van der Waals surface area contributed by atoms with Crippen molar-refractivity contribution in [1.82, 2.24) is 9.97 Å². The van der Waals surface area contributed by atoms with E-state index in [2.05, 4.69) is 25.9 Å². The molecule has 5 nitrogen and oxygen atoms in total. The van der Waals surface area contributed by atoms with Crippen molar-refractivity contribution in [1.29, 1.82) is 0 Å². The van der Waals surface area contributed by atoms with Gasteiger partial charge in [-0.3, -0.25) is 9.78 Å². The number of thiazole rings is 1. The predicted molar refractivity (Wildman–Crippen MR) is 90.5 cm³/mol. The van der Waals surface area contributed by atoms with Crippen molar-refractivity contribution in [3.8, 4) is 11.3 Å². The summed E-state index contributed by atoms with van der Waals surface area (Å²) >= 11 is 4.72. The first kappa shape index (κ1) is 14.8. The molecule has 0 fully saturated rings. The number of hydrogen-bond acceptors (Lipinski definition) is 5. The molecule has 0 saturated carbocycles. The fourth-order valence-corrected chi connectivity index (χ4v) is 2.87. The number of hydrazine groups is 1. The van der Waals surface area contributed by atoms with Crippen molar-refractivity contribution in [3.05, 3.63) is 64.2 Å². The first-order valence-corrected chi connectivity index (χ1v) is 8.03. The van der Waals surface area contributed by atoms with E-state index < -0.39 is 0 Å². The Labute approximate surface area is 139 Å². The number of hydrogen-bond donors (Lipinski definition) is 1. The number of amides is 1. The SMILES string of the molecule is NN(C(=O)c1ccncc1)c1nc(-c2ccc(Br)cc2)cs1. The van der Waals surface area contributed by atoms with E-state index in [9.17, 15) is 4.79 Å². The summed E-state index contributed by atoms with van der Waals surface area (Å²) in [7, 11) is 0. The Kier molecular flexibility index (Phi) is 4.28. The number of nitrogens with zero attached hydrogens (tertiary/aromatic N) is 3. The highest BCUT2D eigenvalue weighted by Crippen LogP contribution is 2.27. The highest BCUT2D eigenvalue weighted by atomic mass is 79.9. The number of carbonyl (C=O) groups is 1. The van der Waals surface area contributed by atoms with Crippen molar-refractivity contribution >= 4 is 38.3 Å². The largest absolute Gasteiger partial charge is 0.274 e. The van der Waals surface area contributed by atoms with Crippen LogP contribution in [0, 0.1) is 0 Å². The summed E-state index contributed by atoms with van der Waals surface area (Å²) in [6, 6.07) is 11.0. The highest BCUT2D eigenvalue weighted by molar-refractivity contribution is 9.10. The van der Waals surface area contributed by atoms with Crippen molar-refractivity contribution in [3.63, 3.8) is 0 Å². The van der Waals surface area contributed by atoms with Crippen LogP contribution < -0.4 is 10.9 Å². The molecule has 110 valence electrons. The second-order valence-corrected chi connectivity index (χ2v) is 6.19. The Hall–Kier alpha value is -2.09. The van der Waals surface area contributed by atoms with Gasteiger partial charge in [0.25, 0.3) is 5.91 Å². The summed E-state index contributed by atoms with van der Waals surface area (Å²) in [6.07, 6.45) is 3.10. The molecule has 0 saturated heterocycles. The normalized spacial score (nSPS) is 10.5. The molecule has 0 atom stereocenters. The second kappa shape index (κ2) is 6.35. The van der Waals surface area contributed by atoms with Crippen LogP contribution in [0.15, 0.2) is 58.6 Å². The van der Waals surface area contributed by atoms with Gasteiger partial charge in [-0.2, -0.15) is 0 Å². The van der Waals surface area contributed by atoms with Gasteiger partial charge in [0.2, 0.25) is 5.13 Å². The van der Waals surface area contributed by atoms with E-state index in [0.29, 0.717) is 10.7 Å². The van der Waals surface area contributed by atoms with Crippen molar-refractivity contribution in [2.45, 2.75) is 0 Å². The third-order valence-corrected chi connectivity index (χ3v) is 4.35. The minimum Gasteiger partial charge on any atom is -0.267 e. The van der Waals surface area contributed by atoms with Crippen LogP contribution in [0.4, 0.5) is 5.13 Å². The summed E-state index contributed by atoms with van der Waals surface area (Å²) in [4.78, 5) is 20.6. The van der Waals surface area contributed by atoms with Crippen LogP contribution in [-0.2, 0) is 0 Å². The van der Waals surface area contributed by atoms with Crippen LogP contribution in [0.1, 0.15) is 10.4 Å². The molecular formula is C15H11BrN4OS. The Morgan fingerprint density at radius 2 is 1.82 bits per heavy atom. The zero-order valence-corrected chi connectivity index (χ0v) is 13.7. The molecule has 0 aliphatic heterocycles. The van der Waals surface area contributed by atoms with E-state index in [-0.39, 0.29) is 5.91 Å². The minimum absolute atomic E-state index is 0.320. The number of carbonyl (C=O) groups excluding carboxylic acids is 1. The van der Waals surface area contributed by atoms with E-state index in [1.165, 1.54) is 11.3 Å². The van der Waals surface area contributed by atoms with Gasteiger partial charge in [0.05, 0.1) is 5.69 Å². The summed E-state index contributed by atoms with van der Waals surface area (Å²) < 4.78 is 1.00. The molecule has 1 amide bonds. The van der Waals surface area contributed by atoms with Crippen LogP contribution in [0.5, 0.6) is 0 Å². The van der Waals surface area contributed by atoms with E-state index in [1.54, 1.807) is 24.5 Å². The molecule has 3 aromatic rings. The molecule has 22 heavy (non-hydrogen) atoms. The maximum atomic E-state index is 12.3. The molecule has 7 heteroatoms. The standard InChI is InChI=1S/C15H11BrN4OS/c16-12-3-1-10(2-4-12)13-9-22-15(19-13)20(17)14(21)11-5-7-18-8-6-11/h1-9H,17H2. The lowest BCUT2D eigenvalue weighted by Crippen LogP contribution is -2.37. The Bertz CT molecular complexity index is 789. The number of rotatable bonds is 3. The topological polar surface area (TPSA) is 72.1 Å². The molecular weight excluding hydrogens is 364 g/mol. The average molecular weight is 375 g/mol. The molecule has 0 aliphatic carbocycles. The molecule has 2 heterocycles. The highest BCUT2D eigenvalue weighted by Gasteiger charge is 2.17. The molecule has 2 N–H and O–H groups in total. The minimum atomic E-state index is -0.320. The maximum absolute atomic E-state index is 12.3. The van der Waals surface area contributed by atoms with Crippen LogP contribution in [0.25, 0.3) is 11.3 Å². The molecule has 0 aliphatic rings. The third kappa shape index (κ3) is 3.06. The van der Waals surface area contributed by atoms with E-state index in [4.69, 9.17) is 5.84 Å².